The van der Waals surface area contributed by atoms with Crippen molar-refractivity contribution >= 4 is 5.91 Å². The predicted octanol–water partition coefficient (Wildman–Crippen LogP) is 1.46. The van der Waals surface area contributed by atoms with Gasteiger partial charge in [0.2, 0.25) is 5.91 Å². The lowest BCUT2D eigenvalue weighted by Crippen LogP contribution is -2.43. The van der Waals surface area contributed by atoms with Crippen molar-refractivity contribution in [1.82, 2.24) is 10.6 Å². The number of hydrogen-bond acceptors (Lipinski definition) is 3. The van der Waals surface area contributed by atoms with Crippen LogP contribution in [0.3, 0.4) is 0 Å². The molecule has 2 rings (SSSR count). The highest BCUT2D eigenvalue weighted by atomic mass is 19.1. The maximum Gasteiger partial charge on any atom is 0.237 e. The van der Waals surface area contributed by atoms with Crippen molar-refractivity contribution in [2.24, 2.45) is 0 Å². The lowest BCUT2D eigenvalue weighted by molar-refractivity contribution is -0.123. The van der Waals surface area contributed by atoms with Gasteiger partial charge in [-0.05, 0) is 38.4 Å². The molecule has 104 valence electrons. The van der Waals surface area contributed by atoms with Crippen molar-refractivity contribution in [1.29, 1.82) is 0 Å². The van der Waals surface area contributed by atoms with Gasteiger partial charge in [0.05, 0.1) is 12.6 Å². The minimum Gasteiger partial charge on any atom is -0.486 e. The average molecular weight is 266 g/mol. The van der Waals surface area contributed by atoms with Crippen LogP contribution in [0.1, 0.15) is 19.8 Å². The SMILES string of the molecule is CC(CNC(=O)C1CCCN1)Oc1ccccc1F. The molecular formula is C14H19FN2O2. The van der Waals surface area contributed by atoms with Crippen LogP contribution >= 0.6 is 0 Å². The molecule has 1 aromatic carbocycles. The Balaban J connectivity index is 1.76. The Morgan fingerprint density at radius 3 is 3.05 bits per heavy atom. The molecule has 2 N–H and O–H groups in total. The van der Waals surface area contributed by atoms with Gasteiger partial charge in [-0.25, -0.2) is 4.39 Å². The largest absolute Gasteiger partial charge is 0.486 e. The summed E-state index contributed by atoms with van der Waals surface area (Å²) in [5.41, 5.74) is 0. The van der Waals surface area contributed by atoms with Crippen LogP contribution in [-0.4, -0.2) is 31.1 Å². The summed E-state index contributed by atoms with van der Waals surface area (Å²) in [4.78, 5) is 11.8. The van der Waals surface area contributed by atoms with Crippen LogP contribution in [0.25, 0.3) is 0 Å². The van der Waals surface area contributed by atoms with Crippen LogP contribution in [0.4, 0.5) is 4.39 Å². The van der Waals surface area contributed by atoms with Gasteiger partial charge in [-0.1, -0.05) is 12.1 Å². The minimum absolute atomic E-state index is 0.0125. The molecular weight excluding hydrogens is 247 g/mol. The van der Waals surface area contributed by atoms with E-state index in [4.69, 9.17) is 4.74 Å². The van der Waals surface area contributed by atoms with E-state index >= 15 is 0 Å². The third-order valence-corrected chi connectivity index (χ3v) is 3.11. The lowest BCUT2D eigenvalue weighted by atomic mass is 10.2. The fourth-order valence-corrected chi connectivity index (χ4v) is 2.07. The van der Waals surface area contributed by atoms with E-state index < -0.39 is 5.82 Å². The highest BCUT2D eigenvalue weighted by Crippen LogP contribution is 2.16. The summed E-state index contributed by atoms with van der Waals surface area (Å²) in [6.45, 7) is 3.06. The van der Waals surface area contributed by atoms with Gasteiger partial charge in [-0.2, -0.15) is 0 Å². The number of amides is 1. The molecule has 0 saturated carbocycles. The first-order valence-corrected chi connectivity index (χ1v) is 6.59. The second-order valence-corrected chi connectivity index (χ2v) is 4.75. The molecule has 19 heavy (non-hydrogen) atoms. The van der Waals surface area contributed by atoms with Crippen molar-refractivity contribution in [3.8, 4) is 5.75 Å². The van der Waals surface area contributed by atoms with E-state index in [1.807, 2.05) is 0 Å². The van der Waals surface area contributed by atoms with Crippen LogP contribution in [0.5, 0.6) is 5.75 Å². The number of rotatable bonds is 5. The average Bonchev–Trinajstić information content (AvgIpc) is 2.93. The van der Waals surface area contributed by atoms with E-state index in [-0.39, 0.29) is 23.8 Å². The minimum atomic E-state index is -0.391. The number of nitrogens with one attached hydrogen (secondary N) is 2. The summed E-state index contributed by atoms with van der Waals surface area (Å²) < 4.78 is 18.8. The van der Waals surface area contributed by atoms with Gasteiger partial charge in [-0.3, -0.25) is 4.79 Å². The quantitative estimate of drug-likeness (QED) is 0.848. The van der Waals surface area contributed by atoms with Crippen molar-refractivity contribution in [2.45, 2.75) is 31.9 Å². The van der Waals surface area contributed by atoms with Gasteiger partial charge in [0.1, 0.15) is 6.10 Å². The Kier molecular flexibility index (Phi) is 4.74. The Bertz CT molecular complexity index is 433. The van der Waals surface area contributed by atoms with E-state index in [0.29, 0.717) is 6.54 Å². The first-order valence-electron chi connectivity index (χ1n) is 6.59. The molecule has 1 saturated heterocycles. The van der Waals surface area contributed by atoms with Gasteiger partial charge in [0.15, 0.2) is 11.6 Å². The Hall–Kier alpha value is -1.62. The molecule has 0 spiro atoms. The maximum absolute atomic E-state index is 13.4. The lowest BCUT2D eigenvalue weighted by Gasteiger charge is -2.17. The number of benzene rings is 1. The number of para-hydroxylation sites is 1. The number of ether oxygens (including phenoxy) is 1. The van der Waals surface area contributed by atoms with E-state index in [0.717, 1.165) is 19.4 Å². The molecule has 1 heterocycles. The summed E-state index contributed by atoms with van der Waals surface area (Å²) in [6, 6.07) is 6.16. The molecule has 0 aliphatic carbocycles. The molecule has 1 aliphatic heterocycles. The first kappa shape index (κ1) is 13.8. The Morgan fingerprint density at radius 2 is 2.37 bits per heavy atom. The number of hydrogen-bond donors (Lipinski definition) is 2. The van der Waals surface area contributed by atoms with Crippen molar-refractivity contribution in [3.05, 3.63) is 30.1 Å². The van der Waals surface area contributed by atoms with Crippen LogP contribution in [0, 0.1) is 5.82 Å². The fourth-order valence-electron chi connectivity index (χ4n) is 2.07. The zero-order valence-corrected chi connectivity index (χ0v) is 11.0. The fraction of sp³-hybridized carbons (Fsp3) is 0.500. The highest BCUT2D eigenvalue weighted by Gasteiger charge is 2.22. The summed E-state index contributed by atoms with van der Waals surface area (Å²) in [7, 11) is 0. The number of carbonyl (C=O) groups excluding carboxylic acids is 1. The molecule has 0 aromatic heterocycles. The smallest absolute Gasteiger partial charge is 0.237 e. The van der Waals surface area contributed by atoms with E-state index in [1.165, 1.54) is 6.07 Å². The third kappa shape index (κ3) is 3.92. The molecule has 0 bridgehead atoms. The van der Waals surface area contributed by atoms with Crippen molar-refractivity contribution in [2.75, 3.05) is 13.1 Å². The number of carbonyl (C=O) groups is 1. The van der Waals surface area contributed by atoms with Gasteiger partial charge in [0, 0.05) is 0 Å². The normalized spacial score (nSPS) is 20.0. The third-order valence-electron chi connectivity index (χ3n) is 3.11. The van der Waals surface area contributed by atoms with Crippen molar-refractivity contribution < 1.29 is 13.9 Å². The molecule has 2 atom stereocenters. The zero-order valence-electron chi connectivity index (χ0n) is 11.0. The van der Waals surface area contributed by atoms with E-state index in [2.05, 4.69) is 10.6 Å². The summed E-state index contributed by atoms with van der Waals surface area (Å²) >= 11 is 0. The van der Waals surface area contributed by atoms with Crippen LogP contribution < -0.4 is 15.4 Å². The predicted molar refractivity (Wildman–Crippen MR) is 70.5 cm³/mol. The van der Waals surface area contributed by atoms with Crippen LogP contribution in [0.15, 0.2) is 24.3 Å². The van der Waals surface area contributed by atoms with E-state index in [1.54, 1.807) is 25.1 Å². The Labute approximate surface area is 112 Å². The zero-order chi connectivity index (χ0) is 13.7. The van der Waals surface area contributed by atoms with Gasteiger partial charge >= 0.3 is 0 Å². The molecule has 0 radical (unpaired) electrons. The van der Waals surface area contributed by atoms with Gasteiger partial charge < -0.3 is 15.4 Å². The topological polar surface area (TPSA) is 50.4 Å². The summed E-state index contributed by atoms with van der Waals surface area (Å²) in [5, 5.41) is 5.94. The molecule has 5 heteroatoms. The maximum atomic E-state index is 13.4. The van der Waals surface area contributed by atoms with Crippen LogP contribution in [0.2, 0.25) is 0 Å². The molecule has 2 unspecified atom stereocenters. The first-order chi connectivity index (χ1) is 9.16. The summed E-state index contributed by atoms with van der Waals surface area (Å²) in [6.07, 6.45) is 1.62. The van der Waals surface area contributed by atoms with Gasteiger partial charge in [-0.15, -0.1) is 0 Å². The van der Waals surface area contributed by atoms with Crippen molar-refractivity contribution in [3.63, 3.8) is 0 Å². The number of halogens is 1. The second-order valence-electron chi connectivity index (χ2n) is 4.75. The van der Waals surface area contributed by atoms with Gasteiger partial charge in [0.25, 0.3) is 0 Å². The van der Waals surface area contributed by atoms with Crippen LogP contribution in [-0.2, 0) is 4.79 Å². The molecule has 4 nitrogen and oxygen atoms in total. The van der Waals surface area contributed by atoms with E-state index in [9.17, 15) is 9.18 Å². The Morgan fingerprint density at radius 1 is 1.58 bits per heavy atom. The second kappa shape index (κ2) is 6.52. The summed E-state index contributed by atoms with van der Waals surface area (Å²) in [5.74, 6) is -0.192. The molecule has 1 aromatic rings. The highest BCUT2D eigenvalue weighted by molar-refractivity contribution is 5.82. The molecule has 1 aliphatic rings. The molecule has 1 fully saturated rings. The standard InChI is InChI=1S/C14H19FN2O2/c1-10(19-13-7-3-2-5-11(13)15)9-17-14(18)12-6-4-8-16-12/h2-3,5,7,10,12,16H,4,6,8-9H2,1H3,(H,17,18). The monoisotopic (exact) mass is 266 g/mol. The molecule has 1 amide bonds.